The second kappa shape index (κ2) is 11.2. The van der Waals surface area contributed by atoms with Gasteiger partial charge < -0.3 is 9.64 Å². The van der Waals surface area contributed by atoms with Crippen LogP contribution in [-0.4, -0.2) is 52.4 Å². The molecule has 5 nitrogen and oxygen atoms in total. The number of hydrogen-bond donors (Lipinski definition) is 1. The number of benzene rings is 2. The van der Waals surface area contributed by atoms with Gasteiger partial charge in [-0.25, -0.2) is 13.1 Å². The topological polar surface area (TPSA) is 58.6 Å². The van der Waals surface area contributed by atoms with Gasteiger partial charge in [-0.15, -0.1) is 0 Å². The van der Waals surface area contributed by atoms with Gasteiger partial charge in [0.15, 0.2) is 0 Å². The lowest BCUT2D eigenvalue weighted by Gasteiger charge is -2.38. The number of nitrogens with one attached hydrogen (secondary N) is 1. The van der Waals surface area contributed by atoms with E-state index < -0.39 is 10.0 Å². The molecule has 2 aromatic rings. The van der Waals surface area contributed by atoms with Crippen molar-refractivity contribution in [2.75, 3.05) is 33.0 Å². The molecule has 8 heteroatoms. The molecule has 0 saturated heterocycles. The van der Waals surface area contributed by atoms with Gasteiger partial charge in [0.1, 0.15) is 12.4 Å². The largest absolute Gasteiger partial charge is 0.492 e. The van der Waals surface area contributed by atoms with Crippen molar-refractivity contribution in [1.82, 2.24) is 9.62 Å². The summed E-state index contributed by atoms with van der Waals surface area (Å²) in [6.45, 7) is 2.39. The van der Waals surface area contributed by atoms with Crippen LogP contribution in [-0.2, 0) is 22.9 Å². The summed E-state index contributed by atoms with van der Waals surface area (Å²) in [4.78, 5) is 2.29. The van der Waals surface area contributed by atoms with Gasteiger partial charge >= 0.3 is 0 Å². The van der Waals surface area contributed by atoms with Crippen molar-refractivity contribution >= 4 is 33.2 Å². The summed E-state index contributed by atoms with van der Waals surface area (Å²) in [5.41, 5.74) is 3.77. The van der Waals surface area contributed by atoms with Crippen molar-refractivity contribution < 1.29 is 13.2 Å². The smallest absolute Gasteiger partial charge is 0.211 e. The Morgan fingerprint density at radius 1 is 1.12 bits per heavy atom. The molecular formula is C24H32Cl2N2O3S. The van der Waals surface area contributed by atoms with Crippen molar-refractivity contribution in [2.45, 2.75) is 44.6 Å². The van der Waals surface area contributed by atoms with Crippen LogP contribution in [0.15, 0.2) is 36.4 Å². The maximum atomic E-state index is 11.8. The predicted octanol–water partition coefficient (Wildman–Crippen LogP) is 4.90. The van der Waals surface area contributed by atoms with E-state index in [1.165, 1.54) is 11.1 Å². The standard InChI is InChI=1S/C24H32Cl2N2O3S/c1-4-13-32(29,30)27-11-12-31-19-8-6-18-7-10-24(28(2)3)21(20(18)16-19)14-17-5-9-22(25)23(26)15-17/h5-6,8-9,15-16,21,24,27H,4,7,10-14H2,1-3H3. The molecule has 3 rings (SSSR count). The van der Waals surface area contributed by atoms with Crippen molar-refractivity contribution in [3.63, 3.8) is 0 Å². The fourth-order valence-corrected chi connectivity index (χ4v) is 5.84. The molecule has 0 radical (unpaired) electrons. The number of halogens is 2. The minimum absolute atomic E-state index is 0.133. The zero-order valence-corrected chi connectivity index (χ0v) is 21.2. The summed E-state index contributed by atoms with van der Waals surface area (Å²) in [6.07, 6.45) is 3.56. The molecule has 0 aromatic heterocycles. The third kappa shape index (κ3) is 6.61. The van der Waals surface area contributed by atoms with E-state index in [-0.39, 0.29) is 24.8 Å². The predicted molar refractivity (Wildman–Crippen MR) is 133 cm³/mol. The Bertz CT molecular complexity index is 1030. The van der Waals surface area contributed by atoms with Crippen LogP contribution in [0.4, 0.5) is 0 Å². The van der Waals surface area contributed by atoms with Gasteiger partial charge in [0.05, 0.1) is 15.8 Å². The first-order chi connectivity index (χ1) is 15.2. The molecular weight excluding hydrogens is 467 g/mol. The third-order valence-electron chi connectivity index (χ3n) is 5.96. The summed E-state index contributed by atoms with van der Waals surface area (Å²) < 4.78 is 32.1. The maximum absolute atomic E-state index is 11.8. The molecule has 2 unspecified atom stereocenters. The second-order valence-electron chi connectivity index (χ2n) is 8.55. The molecule has 0 fully saturated rings. The van der Waals surface area contributed by atoms with Gasteiger partial charge in [0, 0.05) is 18.5 Å². The summed E-state index contributed by atoms with van der Waals surface area (Å²) in [5.74, 6) is 1.18. The van der Waals surface area contributed by atoms with Crippen LogP contribution in [0.1, 0.15) is 42.4 Å². The first kappa shape index (κ1) is 25.3. The highest BCUT2D eigenvalue weighted by molar-refractivity contribution is 7.89. The Labute approximate surface area is 202 Å². The molecule has 0 amide bonds. The highest BCUT2D eigenvalue weighted by atomic mass is 35.5. The Balaban J connectivity index is 1.77. The van der Waals surface area contributed by atoms with E-state index in [4.69, 9.17) is 27.9 Å². The van der Waals surface area contributed by atoms with E-state index in [1.54, 1.807) is 0 Å². The van der Waals surface area contributed by atoms with Crippen molar-refractivity contribution in [3.8, 4) is 5.75 Å². The number of rotatable bonds is 10. The first-order valence-electron chi connectivity index (χ1n) is 11.0. The number of hydrogen-bond acceptors (Lipinski definition) is 4. The minimum atomic E-state index is -3.22. The van der Waals surface area contributed by atoms with Crippen LogP contribution in [0.5, 0.6) is 5.75 Å². The monoisotopic (exact) mass is 498 g/mol. The molecule has 0 bridgehead atoms. The van der Waals surface area contributed by atoms with Gasteiger partial charge in [-0.1, -0.05) is 42.3 Å². The van der Waals surface area contributed by atoms with Gasteiger partial charge in [0.25, 0.3) is 0 Å². The van der Waals surface area contributed by atoms with Crippen LogP contribution in [0, 0.1) is 0 Å². The summed E-state index contributed by atoms with van der Waals surface area (Å²) in [6, 6.07) is 12.5. The number of likely N-dealkylation sites (N-methyl/N-ethyl adjacent to an activating group) is 1. The molecule has 1 aliphatic rings. The molecule has 176 valence electrons. The van der Waals surface area contributed by atoms with E-state index in [0.29, 0.717) is 22.5 Å². The fraction of sp³-hybridized carbons (Fsp3) is 0.500. The Kier molecular flexibility index (Phi) is 8.87. The Morgan fingerprint density at radius 3 is 2.59 bits per heavy atom. The van der Waals surface area contributed by atoms with Crippen LogP contribution in [0.2, 0.25) is 10.0 Å². The van der Waals surface area contributed by atoms with Crippen LogP contribution in [0.25, 0.3) is 0 Å². The zero-order valence-electron chi connectivity index (χ0n) is 18.9. The summed E-state index contributed by atoms with van der Waals surface area (Å²) in [5, 5.41) is 1.14. The lowest BCUT2D eigenvalue weighted by Crippen LogP contribution is -2.38. The molecule has 2 atom stereocenters. The number of sulfonamides is 1. The van der Waals surface area contributed by atoms with Gasteiger partial charge in [0.2, 0.25) is 10.0 Å². The summed E-state index contributed by atoms with van der Waals surface area (Å²) >= 11 is 12.4. The molecule has 2 aromatic carbocycles. The Morgan fingerprint density at radius 2 is 1.91 bits per heavy atom. The molecule has 0 heterocycles. The quantitative estimate of drug-likeness (QED) is 0.473. The lowest BCUT2D eigenvalue weighted by atomic mass is 9.75. The van der Waals surface area contributed by atoms with E-state index in [1.807, 2.05) is 31.2 Å². The highest BCUT2D eigenvalue weighted by Crippen LogP contribution is 2.39. The highest BCUT2D eigenvalue weighted by Gasteiger charge is 2.31. The van der Waals surface area contributed by atoms with Crippen LogP contribution < -0.4 is 9.46 Å². The lowest BCUT2D eigenvalue weighted by molar-refractivity contribution is 0.226. The Hall–Kier alpha value is -1.31. The number of fused-ring (bicyclic) bond motifs is 1. The van der Waals surface area contributed by atoms with Gasteiger partial charge in [-0.05, 0) is 80.7 Å². The maximum Gasteiger partial charge on any atom is 0.211 e. The molecule has 1 N–H and O–H groups in total. The average molecular weight is 500 g/mol. The molecule has 32 heavy (non-hydrogen) atoms. The number of nitrogens with zero attached hydrogens (tertiary/aromatic N) is 1. The van der Waals surface area contributed by atoms with Crippen molar-refractivity contribution in [2.24, 2.45) is 0 Å². The minimum Gasteiger partial charge on any atom is -0.492 e. The SMILES string of the molecule is CCCS(=O)(=O)NCCOc1ccc2c(c1)C(Cc1ccc(Cl)c(Cl)c1)C(N(C)C)CC2. The van der Waals surface area contributed by atoms with E-state index in [0.717, 1.165) is 30.6 Å². The molecule has 1 aliphatic carbocycles. The van der Waals surface area contributed by atoms with E-state index in [2.05, 4.69) is 35.9 Å². The number of ether oxygens (including phenoxy) is 1. The average Bonchev–Trinajstić information content (AvgIpc) is 2.74. The third-order valence-corrected chi connectivity index (χ3v) is 8.29. The van der Waals surface area contributed by atoms with Gasteiger partial charge in [-0.2, -0.15) is 0 Å². The van der Waals surface area contributed by atoms with Crippen molar-refractivity contribution in [1.29, 1.82) is 0 Å². The van der Waals surface area contributed by atoms with Crippen LogP contribution >= 0.6 is 23.2 Å². The van der Waals surface area contributed by atoms with Crippen LogP contribution in [0.3, 0.4) is 0 Å². The second-order valence-corrected chi connectivity index (χ2v) is 11.3. The van der Waals surface area contributed by atoms with E-state index >= 15 is 0 Å². The number of aryl methyl sites for hydroxylation is 1. The van der Waals surface area contributed by atoms with E-state index in [9.17, 15) is 8.42 Å². The molecule has 0 spiro atoms. The molecule has 0 saturated carbocycles. The van der Waals surface area contributed by atoms with Crippen molar-refractivity contribution in [3.05, 3.63) is 63.1 Å². The molecule has 0 aliphatic heterocycles. The zero-order chi connectivity index (χ0) is 23.3. The summed E-state index contributed by atoms with van der Waals surface area (Å²) in [7, 11) is 1.03. The normalized spacial score (nSPS) is 18.6. The fourth-order valence-electron chi connectivity index (χ4n) is 4.44. The van der Waals surface area contributed by atoms with Gasteiger partial charge in [-0.3, -0.25) is 0 Å². The first-order valence-corrected chi connectivity index (χ1v) is 13.4.